The van der Waals surface area contributed by atoms with E-state index >= 15 is 0 Å². The Kier molecular flexibility index (Phi) is 2.18. The van der Waals surface area contributed by atoms with E-state index in [9.17, 15) is 8.42 Å². The van der Waals surface area contributed by atoms with Crippen molar-refractivity contribution in [2.24, 2.45) is 5.92 Å². The van der Waals surface area contributed by atoms with E-state index in [4.69, 9.17) is 4.84 Å². The van der Waals surface area contributed by atoms with Crippen LogP contribution in [0.15, 0.2) is 0 Å². The maximum atomic E-state index is 11.4. The Hall–Kier alpha value is -0.130. The highest BCUT2D eigenvalue weighted by Crippen LogP contribution is 2.35. The summed E-state index contributed by atoms with van der Waals surface area (Å²) in [6, 6.07) is 0.0694. The van der Waals surface area contributed by atoms with Crippen molar-refractivity contribution in [3.63, 3.8) is 0 Å². The fourth-order valence-corrected chi connectivity index (χ4v) is 4.32. The number of fused-ring (bicyclic) bond motifs is 1. The third-order valence-electron chi connectivity index (χ3n) is 2.83. The van der Waals surface area contributed by atoms with Crippen LogP contribution in [-0.2, 0) is 14.7 Å². The zero-order chi connectivity index (χ0) is 10.6. The van der Waals surface area contributed by atoms with Crippen molar-refractivity contribution >= 4 is 9.84 Å². The molecule has 0 bridgehead atoms. The van der Waals surface area contributed by atoms with Crippen LogP contribution in [0.3, 0.4) is 0 Å². The van der Waals surface area contributed by atoms with E-state index in [2.05, 4.69) is 0 Å². The normalized spacial score (nSPS) is 37.4. The van der Waals surface area contributed by atoms with Gasteiger partial charge in [-0.1, -0.05) is 0 Å². The molecule has 2 saturated heterocycles. The summed E-state index contributed by atoms with van der Waals surface area (Å²) in [7, 11) is -2.82. The first-order valence-corrected chi connectivity index (χ1v) is 6.74. The van der Waals surface area contributed by atoms with Crippen LogP contribution in [0.1, 0.15) is 20.8 Å². The van der Waals surface area contributed by atoms with Gasteiger partial charge < -0.3 is 0 Å². The molecule has 0 amide bonds. The lowest BCUT2D eigenvalue weighted by atomic mass is 10.0. The fourth-order valence-electron chi connectivity index (χ4n) is 2.28. The number of hydrogen-bond acceptors (Lipinski definition) is 4. The van der Waals surface area contributed by atoms with Crippen LogP contribution in [0.5, 0.6) is 0 Å². The predicted molar refractivity (Wildman–Crippen MR) is 53.5 cm³/mol. The van der Waals surface area contributed by atoms with Gasteiger partial charge in [-0.15, -0.1) is 0 Å². The van der Waals surface area contributed by atoms with Crippen LogP contribution in [-0.4, -0.2) is 43.2 Å². The molecule has 0 radical (unpaired) electrons. The van der Waals surface area contributed by atoms with Gasteiger partial charge in [-0.25, -0.2) is 8.42 Å². The van der Waals surface area contributed by atoms with Crippen LogP contribution in [0.4, 0.5) is 0 Å². The average molecular weight is 219 g/mol. The molecule has 0 aliphatic carbocycles. The molecule has 2 rings (SSSR count). The molecule has 0 N–H and O–H groups in total. The SMILES string of the molecule is CC(C)(C)N1OC[C@@H]2CS(=O)(=O)C[C@H]21. The highest BCUT2D eigenvalue weighted by Gasteiger charge is 2.49. The first-order chi connectivity index (χ1) is 6.30. The maximum absolute atomic E-state index is 11.4. The molecule has 82 valence electrons. The fraction of sp³-hybridized carbons (Fsp3) is 1.00. The van der Waals surface area contributed by atoms with Crippen molar-refractivity contribution in [2.75, 3.05) is 18.1 Å². The topological polar surface area (TPSA) is 46.6 Å². The Balaban J connectivity index is 2.21. The van der Waals surface area contributed by atoms with Crippen molar-refractivity contribution in [1.82, 2.24) is 5.06 Å². The minimum absolute atomic E-state index is 0.0694. The third-order valence-corrected chi connectivity index (χ3v) is 4.61. The second kappa shape index (κ2) is 2.93. The van der Waals surface area contributed by atoms with Gasteiger partial charge in [0.25, 0.3) is 0 Å². The van der Waals surface area contributed by atoms with Crippen LogP contribution in [0.2, 0.25) is 0 Å². The first-order valence-electron chi connectivity index (χ1n) is 4.92. The van der Waals surface area contributed by atoms with E-state index in [1.165, 1.54) is 0 Å². The molecule has 0 aromatic carbocycles. The van der Waals surface area contributed by atoms with E-state index < -0.39 is 9.84 Å². The highest BCUT2D eigenvalue weighted by atomic mass is 32.2. The summed E-state index contributed by atoms with van der Waals surface area (Å²) in [6.45, 7) is 6.68. The number of nitrogens with zero attached hydrogens (tertiary/aromatic N) is 1. The lowest BCUT2D eigenvalue weighted by Crippen LogP contribution is -2.45. The maximum Gasteiger partial charge on any atom is 0.152 e. The van der Waals surface area contributed by atoms with Crippen molar-refractivity contribution in [3.05, 3.63) is 0 Å². The number of rotatable bonds is 0. The summed E-state index contributed by atoms with van der Waals surface area (Å²) in [6.07, 6.45) is 0. The number of hydroxylamine groups is 2. The molecule has 2 fully saturated rings. The Labute approximate surface area is 85.1 Å². The van der Waals surface area contributed by atoms with Crippen molar-refractivity contribution < 1.29 is 13.3 Å². The molecule has 0 aromatic heterocycles. The zero-order valence-corrected chi connectivity index (χ0v) is 9.67. The van der Waals surface area contributed by atoms with E-state index in [1.54, 1.807) is 0 Å². The summed E-state index contributed by atoms with van der Waals surface area (Å²) in [5.74, 6) is 0.735. The zero-order valence-electron chi connectivity index (χ0n) is 8.86. The van der Waals surface area contributed by atoms with E-state index in [1.807, 2.05) is 25.8 Å². The molecule has 2 aliphatic heterocycles. The molecular formula is C9H17NO3S. The van der Waals surface area contributed by atoms with Crippen molar-refractivity contribution in [1.29, 1.82) is 0 Å². The Morgan fingerprint density at radius 1 is 1.29 bits per heavy atom. The molecule has 0 unspecified atom stereocenters. The van der Waals surface area contributed by atoms with Gasteiger partial charge in [-0.05, 0) is 20.8 Å². The molecular weight excluding hydrogens is 202 g/mol. The minimum Gasteiger partial charge on any atom is -0.298 e. The summed E-state index contributed by atoms with van der Waals surface area (Å²) in [5.41, 5.74) is -0.112. The van der Waals surface area contributed by atoms with Crippen LogP contribution in [0.25, 0.3) is 0 Å². The van der Waals surface area contributed by atoms with Crippen LogP contribution >= 0.6 is 0 Å². The smallest absolute Gasteiger partial charge is 0.152 e. The molecule has 4 nitrogen and oxygen atoms in total. The molecule has 2 atom stereocenters. The molecule has 0 saturated carbocycles. The van der Waals surface area contributed by atoms with E-state index in [0.717, 1.165) is 0 Å². The predicted octanol–water partition coefficient (Wildman–Crippen LogP) is 0.445. The van der Waals surface area contributed by atoms with Gasteiger partial charge >= 0.3 is 0 Å². The quantitative estimate of drug-likeness (QED) is 0.593. The number of hydrogen-bond donors (Lipinski definition) is 0. The Morgan fingerprint density at radius 2 is 1.93 bits per heavy atom. The molecule has 2 heterocycles. The van der Waals surface area contributed by atoms with Crippen LogP contribution in [0, 0.1) is 5.92 Å². The summed E-state index contributed by atoms with van der Waals surface area (Å²) in [4.78, 5) is 5.55. The lowest BCUT2D eigenvalue weighted by molar-refractivity contribution is -0.184. The van der Waals surface area contributed by atoms with Gasteiger partial charge in [-0.2, -0.15) is 5.06 Å². The van der Waals surface area contributed by atoms with Gasteiger partial charge in [0.15, 0.2) is 9.84 Å². The van der Waals surface area contributed by atoms with Gasteiger partial charge in [0.2, 0.25) is 0 Å². The highest BCUT2D eigenvalue weighted by molar-refractivity contribution is 7.91. The molecule has 0 aromatic rings. The van der Waals surface area contributed by atoms with Gasteiger partial charge in [0.1, 0.15) is 0 Å². The second-order valence-electron chi connectivity index (χ2n) is 5.20. The summed E-state index contributed by atoms with van der Waals surface area (Å²) >= 11 is 0. The van der Waals surface area contributed by atoms with E-state index in [0.29, 0.717) is 12.4 Å². The number of sulfone groups is 1. The second-order valence-corrected chi connectivity index (χ2v) is 7.35. The van der Waals surface area contributed by atoms with Gasteiger partial charge in [0.05, 0.1) is 24.2 Å². The van der Waals surface area contributed by atoms with Crippen LogP contribution < -0.4 is 0 Å². The standard InChI is InChI=1S/C9H17NO3S/c1-9(2,3)10-8-6-14(11,12)5-7(8)4-13-10/h7-8H,4-6H2,1-3H3/t7-,8-/m1/s1. The summed E-state index contributed by atoms with van der Waals surface area (Å²) in [5, 5.41) is 1.86. The first kappa shape index (κ1) is 10.4. The third kappa shape index (κ3) is 1.68. The molecule has 5 heteroatoms. The minimum atomic E-state index is -2.82. The molecule has 0 spiro atoms. The average Bonchev–Trinajstić information content (AvgIpc) is 2.38. The van der Waals surface area contributed by atoms with Crippen molar-refractivity contribution in [3.8, 4) is 0 Å². The summed E-state index contributed by atoms with van der Waals surface area (Å²) < 4.78 is 22.9. The lowest BCUT2D eigenvalue weighted by Gasteiger charge is -2.33. The van der Waals surface area contributed by atoms with Gasteiger partial charge in [-0.3, -0.25) is 4.84 Å². The van der Waals surface area contributed by atoms with Gasteiger partial charge in [0, 0.05) is 11.5 Å². The van der Waals surface area contributed by atoms with E-state index in [-0.39, 0.29) is 23.3 Å². The molecule has 2 aliphatic rings. The van der Waals surface area contributed by atoms with Crippen molar-refractivity contribution in [2.45, 2.75) is 32.4 Å². The Morgan fingerprint density at radius 3 is 2.50 bits per heavy atom. The monoisotopic (exact) mass is 219 g/mol. The molecule has 14 heavy (non-hydrogen) atoms. The largest absolute Gasteiger partial charge is 0.298 e. The Bertz CT molecular complexity index is 330.